The van der Waals surface area contributed by atoms with Gasteiger partial charge in [-0.2, -0.15) is 5.10 Å². The Bertz CT molecular complexity index is 551. The summed E-state index contributed by atoms with van der Waals surface area (Å²) in [5.41, 5.74) is 1.84. The van der Waals surface area contributed by atoms with Gasteiger partial charge >= 0.3 is 0 Å². The standard InChI is InChI=1S/C16H24N4O/c1-19(13-7-11-5-6-12(8-13)17-11)16(21)14-9-15(10-3-4-10)20(2)18-14/h9-13,17H,3-8H2,1-2H3. The quantitative estimate of drug-likeness (QED) is 0.920. The van der Waals surface area contributed by atoms with E-state index in [4.69, 9.17) is 0 Å². The highest BCUT2D eigenvalue weighted by atomic mass is 16.2. The second-order valence-corrected chi connectivity index (χ2v) is 7.03. The number of hydrogen-bond donors (Lipinski definition) is 1. The summed E-state index contributed by atoms with van der Waals surface area (Å²) in [4.78, 5) is 14.7. The van der Waals surface area contributed by atoms with Crippen LogP contribution >= 0.6 is 0 Å². The normalized spacial score (nSPS) is 31.4. The minimum atomic E-state index is 0.0869. The number of carbonyl (C=O) groups is 1. The van der Waals surface area contributed by atoms with E-state index in [1.165, 1.54) is 31.4 Å². The van der Waals surface area contributed by atoms with Crippen molar-refractivity contribution in [3.8, 4) is 0 Å². The van der Waals surface area contributed by atoms with Crippen LogP contribution in [0.2, 0.25) is 0 Å². The second kappa shape index (κ2) is 4.83. The molecule has 2 bridgehead atoms. The first-order chi connectivity index (χ1) is 10.1. The van der Waals surface area contributed by atoms with Gasteiger partial charge in [-0.25, -0.2) is 0 Å². The lowest BCUT2D eigenvalue weighted by Gasteiger charge is -2.35. The van der Waals surface area contributed by atoms with Crippen LogP contribution in [0.15, 0.2) is 6.07 Å². The summed E-state index contributed by atoms with van der Waals surface area (Å²) in [5, 5.41) is 8.08. The largest absolute Gasteiger partial charge is 0.337 e. The molecular weight excluding hydrogens is 264 g/mol. The number of carbonyl (C=O) groups excluding carboxylic acids is 1. The molecule has 0 aromatic carbocycles. The smallest absolute Gasteiger partial charge is 0.274 e. The maximum Gasteiger partial charge on any atom is 0.274 e. The number of piperidine rings is 1. The molecule has 1 saturated carbocycles. The van der Waals surface area contributed by atoms with Crippen LogP contribution in [-0.2, 0) is 7.05 Å². The molecule has 21 heavy (non-hydrogen) atoms. The summed E-state index contributed by atoms with van der Waals surface area (Å²) in [6, 6.07) is 3.58. The molecule has 5 heteroatoms. The van der Waals surface area contributed by atoms with E-state index >= 15 is 0 Å². The Hall–Kier alpha value is -1.36. The Labute approximate surface area is 125 Å². The van der Waals surface area contributed by atoms with Crippen molar-refractivity contribution in [3.05, 3.63) is 17.5 Å². The fourth-order valence-electron chi connectivity index (χ4n) is 4.04. The molecule has 1 aromatic heterocycles. The van der Waals surface area contributed by atoms with Crippen LogP contribution in [0.25, 0.3) is 0 Å². The van der Waals surface area contributed by atoms with E-state index < -0.39 is 0 Å². The zero-order chi connectivity index (χ0) is 14.6. The summed E-state index contributed by atoms with van der Waals surface area (Å²) in [5.74, 6) is 0.716. The van der Waals surface area contributed by atoms with Crippen LogP contribution in [0.1, 0.15) is 60.6 Å². The van der Waals surface area contributed by atoms with Crippen LogP contribution in [0.5, 0.6) is 0 Å². The van der Waals surface area contributed by atoms with Gasteiger partial charge < -0.3 is 10.2 Å². The zero-order valence-electron chi connectivity index (χ0n) is 12.9. The topological polar surface area (TPSA) is 50.2 Å². The van der Waals surface area contributed by atoms with Crippen molar-refractivity contribution in [1.82, 2.24) is 20.0 Å². The number of nitrogens with one attached hydrogen (secondary N) is 1. The van der Waals surface area contributed by atoms with E-state index in [9.17, 15) is 4.79 Å². The van der Waals surface area contributed by atoms with Crippen LogP contribution < -0.4 is 5.32 Å². The van der Waals surface area contributed by atoms with E-state index in [0.29, 0.717) is 29.7 Å². The molecule has 2 saturated heterocycles. The predicted molar refractivity (Wildman–Crippen MR) is 80.2 cm³/mol. The van der Waals surface area contributed by atoms with E-state index in [2.05, 4.69) is 10.4 Å². The molecular formula is C16H24N4O. The third-order valence-electron chi connectivity index (χ3n) is 5.45. The van der Waals surface area contributed by atoms with Crippen molar-refractivity contribution >= 4 is 5.91 Å². The zero-order valence-corrected chi connectivity index (χ0v) is 12.9. The molecule has 0 spiro atoms. The van der Waals surface area contributed by atoms with Gasteiger partial charge in [-0.05, 0) is 44.6 Å². The van der Waals surface area contributed by atoms with Crippen molar-refractivity contribution in [3.63, 3.8) is 0 Å². The first-order valence-corrected chi connectivity index (χ1v) is 8.19. The molecule has 2 atom stereocenters. The van der Waals surface area contributed by atoms with Crippen LogP contribution in [0.3, 0.4) is 0 Å². The maximum atomic E-state index is 12.7. The number of aromatic nitrogens is 2. The van der Waals surface area contributed by atoms with Crippen molar-refractivity contribution in [1.29, 1.82) is 0 Å². The molecule has 4 rings (SSSR count). The molecule has 1 aliphatic carbocycles. The monoisotopic (exact) mass is 288 g/mol. The Kier molecular flexibility index (Phi) is 3.06. The Morgan fingerprint density at radius 2 is 1.95 bits per heavy atom. The van der Waals surface area contributed by atoms with Crippen LogP contribution in [0, 0.1) is 0 Å². The fraction of sp³-hybridized carbons (Fsp3) is 0.750. The lowest BCUT2D eigenvalue weighted by Crippen LogP contribution is -2.48. The molecule has 1 aromatic rings. The van der Waals surface area contributed by atoms with E-state index in [-0.39, 0.29) is 5.91 Å². The van der Waals surface area contributed by atoms with Crippen LogP contribution in [-0.4, -0.2) is 45.8 Å². The highest BCUT2D eigenvalue weighted by Crippen LogP contribution is 2.40. The molecule has 3 aliphatic rings. The minimum absolute atomic E-state index is 0.0869. The molecule has 114 valence electrons. The van der Waals surface area contributed by atoms with Crippen LogP contribution in [0.4, 0.5) is 0 Å². The minimum Gasteiger partial charge on any atom is -0.337 e. The Balaban J connectivity index is 1.49. The SMILES string of the molecule is CN(C(=O)c1cc(C2CC2)n(C)n1)C1CC2CCC(C1)N2. The lowest BCUT2D eigenvalue weighted by atomic mass is 9.98. The number of hydrogen-bond acceptors (Lipinski definition) is 3. The van der Waals surface area contributed by atoms with Gasteiger partial charge in [-0.15, -0.1) is 0 Å². The molecule has 5 nitrogen and oxygen atoms in total. The second-order valence-electron chi connectivity index (χ2n) is 7.03. The number of nitrogens with zero attached hydrogens (tertiary/aromatic N) is 3. The number of rotatable bonds is 3. The van der Waals surface area contributed by atoms with Crippen molar-refractivity contribution in [2.75, 3.05) is 7.05 Å². The maximum absolute atomic E-state index is 12.7. The Morgan fingerprint density at radius 1 is 1.29 bits per heavy atom. The summed E-state index contributed by atoms with van der Waals surface area (Å²) in [6.07, 6.45) is 7.17. The average molecular weight is 288 g/mol. The third-order valence-corrected chi connectivity index (χ3v) is 5.45. The number of fused-ring (bicyclic) bond motifs is 2. The number of aryl methyl sites for hydroxylation is 1. The van der Waals surface area contributed by atoms with Gasteiger partial charge in [-0.3, -0.25) is 9.48 Å². The van der Waals surface area contributed by atoms with Gasteiger partial charge in [-0.1, -0.05) is 0 Å². The fourth-order valence-corrected chi connectivity index (χ4v) is 4.04. The average Bonchev–Trinajstić information content (AvgIpc) is 3.18. The summed E-state index contributed by atoms with van der Waals surface area (Å²) in [6.45, 7) is 0. The van der Waals surface area contributed by atoms with Gasteiger partial charge in [0.05, 0.1) is 0 Å². The molecule has 3 heterocycles. The summed E-state index contributed by atoms with van der Waals surface area (Å²) >= 11 is 0. The third kappa shape index (κ3) is 2.37. The van der Waals surface area contributed by atoms with Crippen molar-refractivity contribution in [2.24, 2.45) is 7.05 Å². The summed E-state index contributed by atoms with van der Waals surface area (Å²) < 4.78 is 1.89. The molecule has 1 N–H and O–H groups in total. The first-order valence-electron chi connectivity index (χ1n) is 8.19. The molecule has 0 radical (unpaired) electrons. The molecule has 1 amide bonds. The van der Waals surface area contributed by atoms with Gasteiger partial charge in [0, 0.05) is 43.8 Å². The highest BCUT2D eigenvalue weighted by Gasteiger charge is 2.37. The highest BCUT2D eigenvalue weighted by molar-refractivity contribution is 5.92. The van der Waals surface area contributed by atoms with E-state index in [1.54, 1.807) is 0 Å². The number of amides is 1. The lowest BCUT2D eigenvalue weighted by molar-refractivity contribution is 0.0675. The molecule has 3 fully saturated rings. The van der Waals surface area contributed by atoms with Gasteiger partial charge in [0.2, 0.25) is 0 Å². The molecule has 2 unspecified atom stereocenters. The first kappa shape index (κ1) is 13.3. The summed E-state index contributed by atoms with van der Waals surface area (Å²) in [7, 11) is 3.90. The van der Waals surface area contributed by atoms with Gasteiger partial charge in [0.1, 0.15) is 0 Å². The van der Waals surface area contributed by atoms with Gasteiger partial charge in [0.15, 0.2) is 5.69 Å². The van der Waals surface area contributed by atoms with Crippen molar-refractivity contribution in [2.45, 2.75) is 62.6 Å². The predicted octanol–water partition coefficient (Wildman–Crippen LogP) is 1.65. The molecule has 2 aliphatic heterocycles. The van der Waals surface area contributed by atoms with E-state index in [1.807, 2.05) is 29.7 Å². The van der Waals surface area contributed by atoms with Crippen molar-refractivity contribution < 1.29 is 4.79 Å². The Morgan fingerprint density at radius 3 is 2.57 bits per heavy atom. The van der Waals surface area contributed by atoms with Gasteiger partial charge in [0.25, 0.3) is 5.91 Å². The van der Waals surface area contributed by atoms with E-state index in [0.717, 1.165) is 12.8 Å².